The van der Waals surface area contributed by atoms with Gasteiger partial charge in [0.1, 0.15) is 28.7 Å². The summed E-state index contributed by atoms with van der Waals surface area (Å²) in [4.78, 5) is 14.1. The van der Waals surface area contributed by atoms with E-state index in [1.165, 1.54) is 56.0 Å². The van der Waals surface area contributed by atoms with Crippen LogP contribution in [0.25, 0.3) is 32.8 Å². The lowest BCUT2D eigenvalue weighted by Gasteiger charge is -2.45. The molecule has 9 rings (SSSR count). The topological polar surface area (TPSA) is 85.8 Å². The van der Waals surface area contributed by atoms with E-state index in [-0.39, 0.29) is 56.7 Å². The van der Waals surface area contributed by atoms with Crippen molar-refractivity contribution in [2.45, 2.75) is 63.5 Å². The SMILES string of the molecule is C#Cc1c(F)ccc2cc(O)cc(-c3c(F)cc4c(N5CC6CCC(C5)N6)nc(OCC5(CN6CCC7(CCNCC7)CC6)CC5)nc4c3F)c12. The van der Waals surface area contributed by atoms with Gasteiger partial charge in [0, 0.05) is 53.5 Å². The lowest BCUT2D eigenvalue weighted by molar-refractivity contribution is 0.0547. The minimum atomic E-state index is -0.947. The number of nitrogens with one attached hydrogen (secondary N) is 2. The van der Waals surface area contributed by atoms with Crippen molar-refractivity contribution in [3.8, 4) is 35.2 Å². The summed E-state index contributed by atoms with van der Waals surface area (Å²) < 4.78 is 54.6. The molecule has 11 heteroatoms. The van der Waals surface area contributed by atoms with Crippen molar-refractivity contribution < 1.29 is 23.0 Å². The predicted octanol–water partition coefficient (Wildman–Crippen LogP) is 6.12. The van der Waals surface area contributed by atoms with Gasteiger partial charge in [-0.3, -0.25) is 0 Å². The molecule has 8 nitrogen and oxygen atoms in total. The van der Waals surface area contributed by atoms with Crippen LogP contribution in [0.15, 0.2) is 30.3 Å². The van der Waals surface area contributed by atoms with Gasteiger partial charge >= 0.3 is 6.01 Å². The van der Waals surface area contributed by atoms with Crippen LogP contribution in [0.3, 0.4) is 0 Å². The Hall–Kier alpha value is -4.11. The van der Waals surface area contributed by atoms with Crippen LogP contribution in [0.5, 0.6) is 11.8 Å². The Labute approximate surface area is 295 Å². The number of ether oxygens (including phenoxy) is 1. The zero-order valence-corrected chi connectivity index (χ0v) is 28.7. The Balaban J connectivity index is 1.07. The van der Waals surface area contributed by atoms with Crippen LogP contribution in [0.4, 0.5) is 19.0 Å². The minimum absolute atomic E-state index is 0.00602. The molecule has 1 aliphatic carbocycles. The molecular formula is C40H43F3N6O2. The van der Waals surface area contributed by atoms with Gasteiger partial charge in [-0.15, -0.1) is 6.42 Å². The first-order valence-electron chi connectivity index (χ1n) is 18.4. The summed E-state index contributed by atoms with van der Waals surface area (Å²) in [5.41, 5.74) is -0.260. The quantitative estimate of drug-likeness (QED) is 0.200. The largest absolute Gasteiger partial charge is 0.508 e. The van der Waals surface area contributed by atoms with E-state index in [1.54, 1.807) is 0 Å². The molecule has 5 heterocycles. The number of aromatic nitrogens is 2. The number of anilines is 1. The summed E-state index contributed by atoms with van der Waals surface area (Å²) in [7, 11) is 0. The highest BCUT2D eigenvalue weighted by atomic mass is 19.1. The van der Waals surface area contributed by atoms with E-state index in [0.29, 0.717) is 36.3 Å². The summed E-state index contributed by atoms with van der Waals surface area (Å²) in [6, 6.07) is 7.03. The molecule has 3 N–H and O–H groups in total. The number of halogens is 3. The average Bonchev–Trinajstić information content (AvgIpc) is 3.82. The Morgan fingerprint density at radius 3 is 2.39 bits per heavy atom. The molecule has 0 amide bonds. The lowest BCUT2D eigenvalue weighted by Crippen LogP contribution is -2.51. The van der Waals surface area contributed by atoms with Crippen LogP contribution >= 0.6 is 0 Å². The van der Waals surface area contributed by atoms with E-state index >= 15 is 8.78 Å². The van der Waals surface area contributed by atoms with Crippen molar-refractivity contribution in [3.63, 3.8) is 0 Å². The van der Waals surface area contributed by atoms with E-state index in [9.17, 15) is 9.50 Å². The summed E-state index contributed by atoms with van der Waals surface area (Å²) in [5, 5.41) is 18.4. The van der Waals surface area contributed by atoms with Gasteiger partial charge in [-0.25, -0.2) is 13.2 Å². The van der Waals surface area contributed by atoms with Crippen LogP contribution in [-0.4, -0.2) is 84.5 Å². The van der Waals surface area contributed by atoms with Crippen molar-refractivity contribution in [2.24, 2.45) is 10.8 Å². The van der Waals surface area contributed by atoms with Crippen LogP contribution in [0.1, 0.15) is 56.9 Å². The lowest BCUT2D eigenvalue weighted by atomic mass is 9.71. The number of terminal acetylenes is 1. The third-order valence-corrected chi connectivity index (χ3v) is 12.4. The molecule has 5 aliphatic rings. The molecule has 1 aromatic heterocycles. The molecular weight excluding hydrogens is 653 g/mol. The fourth-order valence-electron chi connectivity index (χ4n) is 9.30. The van der Waals surface area contributed by atoms with Gasteiger partial charge in [0.25, 0.3) is 0 Å². The molecule has 2 unspecified atom stereocenters. The fraction of sp³-hybridized carbons (Fsp3) is 0.500. The summed E-state index contributed by atoms with van der Waals surface area (Å²) in [6.07, 6.45) is 14.8. The van der Waals surface area contributed by atoms with Crippen LogP contribution in [0.2, 0.25) is 0 Å². The van der Waals surface area contributed by atoms with Gasteiger partial charge in [0.15, 0.2) is 5.82 Å². The second-order valence-electron chi connectivity index (χ2n) is 15.8. The van der Waals surface area contributed by atoms with Crippen molar-refractivity contribution in [2.75, 3.05) is 57.3 Å². The normalized spacial score (nSPS) is 23.9. The van der Waals surface area contributed by atoms with Crippen molar-refractivity contribution >= 4 is 27.5 Å². The third kappa shape index (κ3) is 5.95. The molecule has 4 aliphatic heterocycles. The van der Waals surface area contributed by atoms with Crippen LogP contribution in [0, 0.1) is 40.6 Å². The molecule has 3 aromatic carbocycles. The first-order valence-corrected chi connectivity index (χ1v) is 18.4. The van der Waals surface area contributed by atoms with Gasteiger partial charge in [-0.2, -0.15) is 9.97 Å². The van der Waals surface area contributed by atoms with Gasteiger partial charge in [0.05, 0.1) is 17.7 Å². The molecule has 2 atom stereocenters. The van der Waals surface area contributed by atoms with E-state index in [4.69, 9.17) is 16.1 Å². The molecule has 1 saturated carbocycles. The van der Waals surface area contributed by atoms with Gasteiger partial charge < -0.3 is 30.3 Å². The van der Waals surface area contributed by atoms with E-state index in [0.717, 1.165) is 58.4 Å². The van der Waals surface area contributed by atoms with E-state index in [2.05, 4.69) is 31.3 Å². The Morgan fingerprint density at radius 2 is 1.69 bits per heavy atom. The first-order chi connectivity index (χ1) is 24.7. The second-order valence-corrected chi connectivity index (χ2v) is 15.8. The van der Waals surface area contributed by atoms with Crippen molar-refractivity contribution in [1.82, 2.24) is 25.5 Å². The number of piperazine rings is 1. The number of hydrogen-bond donors (Lipinski definition) is 3. The van der Waals surface area contributed by atoms with Crippen molar-refractivity contribution in [1.29, 1.82) is 0 Å². The number of phenols is 1. The molecule has 2 bridgehead atoms. The molecule has 4 aromatic rings. The Bertz CT molecular complexity index is 2050. The zero-order valence-electron chi connectivity index (χ0n) is 28.7. The highest BCUT2D eigenvalue weighted by molar-refractivity contribution is 6.04. The van der Waals surface area contributed by atoms with Crippen LogP contribution in [-0.2, 0) is 0 Å². The standard InChI is InChI=1S/C40H43F3N6O2/c1-2-28-31(41)6-3-24-17-27(50)18-29(33(24)28)34-32(42)19-30-36(35(34)43)46-38(47-37(30)49-20-25-4-5-26(21-49)45-25)51-23-40(7-8-40)22-48-15-11-39(12-16-48)9-13-44-14-10-39/h1,3,6,17-19,25-26,44-45,50H,4-5,7-16,20-23H2. The molecule has 51 heavy (non-hydrogen) atoms. The number of nitrogens with zero attached hydrogens (tertiary/aromatic N) is 4. The van der Waals surface area contributed by atoms with Crippen molar-refractivity contribution in [3.05, 3.63) is 53.3 Å². The number of fused-ring (bicyclic) bond motifs is 4. The molecule has 4 saturated heterocycles. The minimum Gasteiger partial charge on any atom is -0.508 e. The monoisotopic (exact) mass is 696 g/mol. The fourth-order valence-corrected chi connectivity index (χ4v) is 9.30. The predicted molar refractivity (Wildman–Crippen MR) is 191 cm³/mol. The number of likely N-dealkylation sites (tertiary alicyclic amines) is 1. The number of benzene rings is 3. The van der Waals surface area contributed by atoms with E-state index < -0.39 is 23.0 Å². The van der Waals surface area contributed by atoms with Gasteiger partial charge in [0.2, 0.25) is 0 Å². The van der Waals surface area contributed by atoms with Crippen LogP contribution < -0.4 is 20.3 Å². The maximum Gasteiger partial charge on any atom is 0.319 e. The maximum atomic E-state index is 17.0. The number of aromatic hydroxyl groups is 1. The Morgan fingerprint density at radius 1 is 0.941 bits per heavy atom. The number of rotatable bonds is 7. The molecule has 0 radical (unpaired) electrons. The van der Waals surface area contributed by atoms with Gasteiger partial charge in [-0.1, -0.05) is 12.0 Å². The summed E-state index contributed by atoms with van der Waals surface area (Å²) in [5.74, 6) is 0.00136. The number of hydrogen-bond acceptors (Lipinski definition) is 8. The summed E-state index contributed by atoms with van der Waals surface area (Å²) >= 11 is 0. The summed E-state index contributed by atoms with van der Waals surface area (Å²) in [6.45, 7) is 7.07. The number of piperidine rings is 2. The highest BCUT2D eigenvalue weighted by Gasteiger charge is 2.47. The van der Waals surface area contributed by atoms with Gasteiger partial charge in [-0.05, 0) is 113 Å². The highest BCUT2D eigenvalue weighted by Crippen LogP contribution is 2.49. The molecule has 5 fully saturated rings. The number of phenolic OH excluding ortho intramolecular Hbond substituents is 1. The average molecular weight is 697 g/mol. The maximum absolute atomic E-state index is 17.0. The van der Waals surface area contributed by atoms with E-state index in [1.807, 2.05) is 0 Å². The molecule has 1 spiro atoms. The third-order valence-electron chi connectivity index (χ3n) is 12.4. The zero-order chi connectivity index (χ0) is 34.9. The first kappa shape index (κ1) is 32.8. The smallest absolute Gasteiger partial charge is 0.319 e. The second kappa shape index (κ2) is 12.5. The molecule has 266 valence electrons. The Kier molecular flexibility index (Phi) is 8.06.